The molecule has 11 nitrogen and oxygen atoms in total. The van der Waals surface area contributed by atoms with Gasteiger partial charge in [-0.2, -0.15) is 12.6 Å². The summed E-state index contributed by atoms with van der Waals surface area (Å²) in [6.07, 6.45) is 0.888. The average molecular weight is 549 g/mol. The number of imide groups is 1. The Kier molecular flexibility index (Phi) is 11.8. The molecule has 2 rings (SSSR count). The number of methoxy groups -OCH3 is 1. The topological polar surface area (TPSA) is 151 Å². The lowest BCUT2D eigenvalue weighted by atomic mass is 10.0. The molecule has 0 bridgehead atoms. The molecule has 1 unspecified atom stereocenters. The minimum atomic E-state index is -0.982. The number of hydrogen-bond donors (Lipinski definition) is 4. The third-order valence-corrected chi connectivity index (χ3v) is 6.62. The summed E-state index contributed by atoms with van der Waals surface area (Å²) >= 11 is 4.37. The van der Waals surface area contributed by atoms with Crippen LogP contribution in [0, 0.1) is 5.92 Å². The number of likely N-dealkylation sites (N-methyl/N-ethyl adjacent to an activating group) is 1. The van der Waals surface area contributed by atoms with Gasteiger partial charge in [0.2, 0.25) is 17.7 Å². The molecule has 1 aromatic carbocycles. The predicted octanol–water partition coefficient (Wildman–Crippen LogP) is 1.08. The number of amides is 5. The highest BCUT2D eigenvalue weighted by molar-refractivity contribution is 7.81. The fourth-order valence-corrected chi connectivity index (χ4v) is 4.32. The van der Waals surface area contributed by atoms with Gasteiger partial charge in [0, 0.05) is 20.0 Å². The minimum absolute atomic E-state index is 0.0352. The van der Waals surface area contributed by atoms with Crippen molar-refractivity contribution in [1.29, 1.82) is 0 Å². The van der Waals surface area contributed by atoms with Gasteiger partial charge < -0.3 is 20.7 Å². The summed E-state index contributed by atoms with van der Waals surface area (Å²) in [5.74, 6) is -2.71. The second-order valence-electron chi connectivity index (χ2n) is 9.45. The number of carbonyl (C=O) groups is 6. The lowest BCUT2D eigenvalue weighted by Gasteiger charge is -2.25. The molecule has 3 atom stereocenters. The summed E-state index contributed by atoms with van der Waals surface area (Å²) < 4.78 is 4.60. The number of thiol groups is 1. The Hall–Kier alpha value is -3.41. The molecular formula is C26H36N4O7S. The van der Waals surface area contributed by atoms with Gasteiger partial charge in [-0.1, -0.05) is 26.0 Å². The minimum Gasteiger partial charge on any atom is -0.469 e. The van der Waals surface area contributed by atoms with E-state index in [0.717, 1.165) is 4.90 Å². The standard InChI is InChI=1S/C26H36N4O7S/c1-15(2)14-19(23(33)28-18(22(32)27-3)11-12-21(31)37-4)29-24(34)20(38)10-7-13-30-25(35)16-8-5-6-9-17(16)26(30)36/h5-6,8-9,15,18-20,38H,7,10-14H2,1-4H3,(H,27,32)(H,28,33)(H,29,34)/t18-,19-,20?/m0/s1. The maximum atomic E-state index is 13.0. The van der Waals surface area contributed by atoms with Gasteiger partial charge in [0.05, 0.1) is 23.5 Å². The van der Waals surface area contributed by atoms with Crippen LogP contribution in [0.25, 0.3) is 0 Å². The van der Waals surface area contributed by atoms with E-state index >= 15 is 0 Å². The summed E-state index contributed by atoms with van der Waals surface area (Å²) in [6.45, 7) is 3.92. The fraction of sp³-hybridized carbons (Fsp3) is 0.538. The summed E-state index contributed by atoms with van der Waals surface area (Å²) in [5, 5.41) is 6.98. The molecule has 12 heteroatoms. The van der Waals surface area contributed by atoms with Gasteiger partial charge in [-0.3, -0.25) is 33.7 Å². The normalized spacial score (nSPS) is 14.9. The number of ether oxygens (including phenoxy) is 1. The van der Waals surface area contributed by atoms with Crippen LogP contribution in [0.2, 0.25) is 0 Å². The van der Waals surface area contributed by atoms with Gasteiger partial charge in [0.15, 0.2) is 0 Å². The maximum absolute atomic E-state index is 13.0. The van der Waals surface area contributed by atoms with E-state index in [-0.39, 0.29) is 43.5 Å². The second kappa shape index (κ2) is 14.5. The number of rotatable bonds is 14. The molecule has 38 heavy (non-hydrogen) atoms. The molecule has 0 aromatic heterocycles. The van der Waals surface area contributed by atoms with Gasteiger partial charge in [-0.05, 0) is 43.7 Å². The zero-order chi connectivity index (χ0) is 28.4. The molecule has 5 amide bonds. The summed E-state index contributed by atoms with van der Waals surface area (Å²) in [7, 11) is 2.65. The van der Waals surface area contributed by atoms with Crippen molar-refractivity contribution in [3.63, 3.8) is 0 Å². The zero-order valence-electron chi connectivity index (χ0n) is 22.1. The van der Waals surface area contributed by atoms with Crippen molar-refractivity contribution in [2.24, 2.45) is 5.92 Å². The van der Waals surface area contributed by atoms with E-state index in [2.05, 4.69) is 33.3 Å². The molecule has 0 saturated carbocycles. The van der Waals surface area contributed by atoms with Crippen LogP contribution in [-0.2, 0) is 23.9 Å². The van der Waals surface area contributed by atoms with Crippen LogP contribution in [0.15, 0.2) is 24.3 Å². The van der Waals surface area contributed by atoms with Gasteiger partial charge >= 0.3 is 5.97 Å². The van der Waals surface area contributed by atoms with Crippen molar-refractivity contribution >= 4 is 48.1 Å². The molecule has 0 fully saturated rings. The first-order valence-corrected chi connectivity index (χ1v) is 13.0. The van der Waals surface area contributed by atoms with Gasteiger partial charge in [0.25, 0.3) is 11.8 Å². The van der Waals surface area contributed by atoms with E-state index in [1.165, 1.54) is 14.2 Å². The molecule has 1 aromatic rings. The quantitative estimate of drug-likeness (QED) is 0.154. The van der Waals surface area contributed by atoms with Crippen LogP contribution < -0.4 is 16.0 Å². The van der Waals surface area contributed by atoms with Crippen molar-refractivity contribution in [2.75, 3.05) is 20.7 Å². The fourth-order valence-electron chi connectivity index (χ4n) is 4.07. The van der Waals surface area contributed by atoms with E-state index in [9.17, 15) is 28.8 Å². The predicted molar refractivity (Wildman–Crippen MR) is 142 cm³/mol. The molecule has 1 heterocycles. The Morgan fingerprint density at radius 1 is 0.921 bits per heavy atom. The van der Waals surface area contributed by atoms with Gasteiger partial charge in [-0.25, -0.2) is 0 Å². The van der Waals surface area contributed by atoms with Crippen molar-refractivity contribution in [2.45, 2.75) is 63.3 Å². The van der Waals surface area contributed by atoms with Crippen LogP contribution in [0.3, 0.4) is 0 Å². The number of esters is 1. The van der Waals surface area contributed by atoms with Crippen LogP contribution >= 0.6 is 12.6 Å². The van der Waals surface area contributed by atoms with Crippen LogP contribution in [0.1, 0.15) is 66.7 Å². The molecule has 0 spiro atoms. The molecule has 1 aliphatic heterocycles. The monoisotopic (exact) mass is 548 g/mol. The van der Waals surface area contributed by atoms with E-state index in [1.807, 2.05) is 13.8 Å². The number of carbonyl (C=O) groups excluding carboxylic acids is 6. The summed E-state index contributed by atoms with van der Waals surface area (Å²) in [4.78, 5) is 75.8. The number of benzene rings is 1. The Morgan fingerprint density at radius 3 is 2.03 bits per heavy atom. The van der Waals surface area contributed by atoms with E-state index in [1.54, 1.807) is 24.3 Å². The highest BCUT2D eigenvalue weighted by atomic mass is 32.1. The first kappa shape index (κ1) is 30.8. The Bertz CT molecular complexity index is 1030. The lowest BCUT2D eigenvalue weighted by molar-refractivity contribution is -0.141. The number of nitrogens with zero attached hydrogens (tertiary/aromatic N) is 1. The van der Waals surface area contributed by atoms with Crippen molar-refractivity contribution < 1.29 is 33.5 Å². The lowest BCUT2D eigenvalue weighted by Crippen LogP contribution is -2.54. The molecular weight excluding hydrogens is 512 g/mol. The largest absolute Gasteiger partial charge is 0.469 e. The summed E-state index contributed by atoms with van der Waals surface area (Å²) in [5.41, 5.74) is 0.726. The van der Waals surface area contributed by atoms with E-state index in [4.69, 9.17) is 0 Å². The first-order valence-electron chi connectivity index (χ1n) is 12.5. The number of fused-ring (bicyclic) bond motifs is 1. The van der Waals surface area contributed by atoms with Crippen LogP contribution in [0.5, 0.6) is 0 Å². The van der Waals surface area contributed by atoms with Crippen LogP contribution in [-0.4, -0.2) is 78.4 Å². The molecule has 3 N–H and O–H groups in total. The highest BCUT2D eigenvalue weighted by Crippen LogP contribution is 2.23. The average Bonchev–Trinajstić information content (AvgIpc) is 3.14. The maximum Gasteiger partial charge on any atom is 0.305 e. The zero-order valence-corrected chi connectivity index (χ0v) is 23.0. The van der Waals surface area contributed by atoms with Crippen LogP contribution in [0.4, 0.5) is 0 Å². The first-order chi connectivity index (χ1) is 18.0. The number of nitrogens with one attached hydrogen (secondary N) is 3. The third-order valence-electron chi connectivity index (χ3n) is 6.12. The second-order valence-corrected chi connectivity index (χ2v) is 10.1. The van der Waals surface area contributed by atoms with E-state index < -0.39 is 41.0 Å². The smallest absolute Gasteiger partial charge is 0.305 e. The van der Waals surface area contributed by atoms with Crippen molar-refractivity contribution in [3.05, 3.63) is 35.4 Å². The summed E-state index contributed by atoms with van der Waals surface area (Å²) in [6, 6.07) is 4.69. The number of hydrogen-bond acceptors (Lipinski definition) is 8. The Morgan fingerprint density at radius 2 is 1.50 bits per heavy atom. The molecule has 0 radical (unpaired) electrons. The Labute approximate surface area is 227 Å². The van der Waals surface area contributed by atoms with Gasteiger partial charge in [0.1, 0.15) is 12.1 Å². The third kappa shape index (κ3) is 8.30. The Balaban J connectivity index is 1.94. The highest BCUT2D eigenvalue weighted by Gasteiger charge is 2.35. The van der Waals surface area contributed by atoms with Crippen molar-refractivity contribution in [3.8, 4) is 0 Å². The molecule has 208 valence electrons. The SMILES string of the molecule is CNC(=O)[C@H](CCC(=O)OC)NC(=O)[C@H](CC(C)C)NC(=O)C(S)CCCN1C(=O)c2ccccc2C1=O. The van der Waals surface area contributed by atoms with Crippen molar-refractivity contribution in [1.82, 2.24) is 20.9 Å². The molecule has 0 saturated heterocycles. The molecule has 0 aliphatic carbocycles. The van der Waals surface area contributed by atoms with E-state index in [0.29, 0.717) is 24.0 Å². The van der Waals surface area contributed by atoms with Gasteiger partial charge in [-0.15, -0.1) is 0 Å². The molecule has 1 aliphatic rings.